The number of aromatic nitrogens is 4. The number of hydrogen-bond acceptors (Lipinski definition) is 15. The van der Waals surface area contributed by atoms with Crippen LogP contribution in [0.25, 0.3) is 31.6 Å². The number of pyridine rings is 2. The van der Waals surface area contributed by atoms with E-state index < -0.39 is 38.8 Å². The van der Waals surface area contributed by atoms with Crippen LogP contribution < -0.4 is 143 Å². The summed E-state index contributed by atoms with van der Waals surface area (Å²) in [6.45, 7) is 2.93. The van der Waals surface area contributed by atoms with Gasteiger partial charge in [-0.1, -0.05) is 399 Å². The Morgan fingerprint density at radius 2 is 0.585 bits per heavy atom. The second kappa shape index (κ2) is 61.6. The van der Waals surface area contributed by atoms with Crippen LogP contribution in [0.5, 0.6) is 0 Å². The predicted molar refractivity (Wildman–Crippen MR) is 550 cm³/mol. The molecule has 4 aromatic heterocycles. The zero-order chi connectivity index (χ0) is 88.0. The number of benzene rings is 14. The molecule has 0 unspecified atom stereocenters. The molecule has 0 saturated carbocycles. The summed E-state index contributed by atoms with van der Waals surface area (Å²) in [5.41, 5.74) is 8.54. The Bertz CT molecular complexity index is 5130. The topological polar surface area (TPSA) is 166 Å². The molecule has 0 bridgehead atoms. The summed E-state index contributed by atoms with van der Waals surface area (Å²) in [5, 5.41) is 42.7. The van der Waals surface area contributed by atoms with Crippen molar-refractivity contribution >= 4 is 185 Å². The van der Waals surface area contributed by atoms with Gasteiger partial charge in [0.05, 0.1) is 57.9 Å². The Balaban J connectivity index is 0.000000231. The molecule has 19 rings (SSSR count). The summed E-state index contributed by atoms with van der Waals surface area (Å²) in [6.07, 6.45) is 3.35. The number of ether oxygens (including phenoxy) is 2. The fraction of sp³-hybridized carbons (Fsp3) is 0.0849. The van der Waals surface area contributed by atoms with Gasteiger partial charge in [0, 0.05) is 76.5 Å². The average Bonchev–Trinajstić information content (AvgIpc) is 1.48. The van der Waals surface area contributed by atoms with Gasteiger partial charge >= 0.3 is 66.2 Å². The first kappa shape index (κ1) is 108. The molecule has 18 aromatic rings. The van der Waals surface area contributed by atoms with Crippen molar-refractivity contribution in [2.24, 2.45) is 0 Å². The number of nitrogens with zero attached hydrogens (tertiary/aromatic N) is 6. The van der Waals surface area contributed by atoms with Crippen LogP contribution in [0.2, 0.25) is 0 Å². The molecule has 0 spiro atoms. The third kappa shape index (κ3) is 35.5. The second-order valence-electron chi connectivity index (χ2n) is 27.8. The number of carbonyl (C=O) groups is 1. The minimum Gasteiger partial charge on any atom is -1.00 e. The fourth-order valence-electron chi connectivity index (χ4n) is 12.7. The number of halogens is 1. The first-order chi connectivity index (χ1) is 61.9. The van der Waals surface area contributed by atoms with Crippen LogP contribution in [-0.4, -0.2) is 98.2 Å². The maximum atomic E-state index is 8.76. The van der Waals surface area contributed by atoms with Crippen molar-refractivity contribution in [3.63, 3.8) is 0 Å². The smallest absolute Gasteiger partial charge is 1.00 e. The van der Waals surface area contributed by atoms with Crippen LogP contribution in [0, 0.1) is 0 Å². The van der Waals surface area contributed by atoms with E-state index in [4.69, 9.17) is 29.6 Å². The Morgan fingerprint density at radius 3 is 0.792 bits per heavy atom. The number of rotatable bonds is 17. The van der Waals surface area contributed by atoms with Crippen molar-refractivity contribution in [1.29, 1.82) is 0 Å². The average molecular weight is 2000 g/mol. The Kier molecular flexibility index (Phi) is 51.2. The summed E-state index contributed by atoms with van der Waals surface area (Å²) in [5.74, 6) is 1.76. The molecule has 0 aliphatic carbocycles. The monoisotopic (exact) mass is 2000 g/mol. The molecule has 1 saturated heterocycles. The zero-order valence-corrected chi connectivity index (χ0v) is 85.0. The van der Waals surface area contributed by atoms with Crippen LogP contribution in [0.4, 0.5) is 11.6 Å². The molecule has 2 N–H and O–H groups in total. The number of anilines is 2. The first-order valence-electron chi connectivity index (χ1n) is 40.6. The summed E-state index contributed by atoms with van der Waals surface area (Å²) in [4.78, 5) is 32.0. The Labute approximate surface area is 847 Å². The molecule has 130 heavy (non-hydrogen) atoms. The van der Waals surface area contributed by atoms with Gasteiger partial charge in [0.15, 0.2) is 0 Å². The Morgan fingerprint density at radius 1 is 0.354 bits per heavy atom. The number of thiazole rings is 2. The van der Waals surface area contributed by atoms with Gasteiger partial charge in [-0.05, 0) is 149 Å². The summed E-state index contributed by atoms with van der Waals surface area (Å²) in [6, 6.07) is 149. The molecule has 1 aliphatic rings. The number of carbonyl (C=O) groups excluding carboxylic acids is 1. The third-order valence-corrected chi connectivity index (χ3v) is 30.5. The molecule has 1 aliphatic heterocycles. The van der Waals surface area contributed by atoms with Gasteiger partial charge in [-0.3, -0.25) is 4.79 Å². The molecular weight excluding hydrogens is 1900 g/mol. The van der Waals surface area contributed by atoms with Gasteiger partial charge in [0.1, 0.15) is 11.6 Å². The SMILES string of the molecule is Brc1ccc2scnc2c1.C.C1COCCO1.CN(C)c1ccc(-c2ccc3scnc3c2)cn1.CN(C)c1ccc(B(O)O)cn1.O=CO[O-].[H-].[Na+].[Na+].[Pd].c1ccc(P(c2ccccc2)c2ccccc2)cc1.c1ccc(P(c2ccccc2)c2ccccc2)cc1.c1ccc(P(c2ccccc2)c2ccccc2)cc1.c1ccc(P(c2ccccc2)c2ccccc2)cc1. The summed E-state index contributed by atoms with van der Waals surface area (Å²) in [7, 11) is 4.50. The molecule has 5 heterocycles. The predicted octanol–water partition coefficient (Wildman–Crippen LogP) is 12.3. The van der Waals surface area contributed by atoms with E-state index in [9.17, 15) is 0 Å². The van der Waals surface area contributed by atoms with Crippen molar-refractivity contribution in [1.82, 2.24) is 19.9 Å². The van der Waals surface area contributed by atoms with E-state index in [2.05, 4.69) is 435 Å². The van der Waals surface area contributed by atoms with E-state index in [1.54, 1.807) is 34.8 Å². The van der Waals surface area contributed by atoms with E-state index in [0.29, 0.717) is 5.46 Å². The standard InChI is InChI=1S/4C18H15P.C14H13N3S.C7H11BN2O2.C7H4BrNS.C4H8O2.CH2O3.CH4.2Na.Pd.H/c4*1-4-10-16(11-5-1)19(17-12-6-2-7-13-17)18-14-8-3-9-15-18;1-17(2)14-6-4-11(8-15-14)10-3-5-13-12(7-10)16-9-18-13;1-10(2)7-4-3-6(5-9-7)8(11)12;8-5-1-2-7-6(3-5)9-4-10-7;1-2-6-4-3-5-1;2-1-4-3;;;;;/h4*1-15H;3-9H,1-2H3;3-5,11-12H,1-2H3;1-4H;1-4H2;1,3H;1H4;;;;/q;;;;;;;;;;2*+1;;-1/p-1. The molecule has 0 radical (unpaired) electrons. The van der Waals surface area contributed by atoms with Crippen LogP contribution in [0.15, 0.2) is 453 Å². The van der Waals surface area contributed by atoms with Gasteiger partial charge in [-0.15, -0.1) is 22.7 Å². The van der Waals surface area contributed by atoms with Gasteiger partial charge in [0.2, 0.25) is 0 Å². The van der Waals surface area contributed by atoms with Crippen LogP contribution in [0.3, 0.4) is 0 Å². The van der Waals surface area contributed by atoms with Crippen LogP contribution in [-0.2, 0) is 39.6 Å². The van der Waals surface area contributed by atoms with Gasteiger partial charge in [-0.2, -0.15) is 0 Å². The molecule has 13 nitrogen and oxygen atoms in total. The second-order valence-corrected chi connectivity index (χ2v) is 39.4. The zero-order valence-electron chi connectivity index (χ0n) is 73.6. The van der Waals surface area contributed by atoms with Crippen molar-refractivity contribution < 1.29 is 115 Å². The van der Waals surface area contributed by atoms with Crippen molar-refractivity contribution in [2.75, 3.05) is 64.4 Å². The van der Waals surface area contributed by atoms with E-state index >= 15 is 0 Å². The molecule has 0 amide bonds. The molecule has 24 heteroatoms. The van der Waals surface area contributed by atoms with Gasteiger partial charge < -0.3 is 40.9 Å². The Hall–Kier alpha value is -9.04. The van der Waals surface area contributed by atoms with E-state index in [1.807, 2.05) is 73.4 Å². The normalized spacial score (nSPS) is 10.6. The van der Waals surface area contributed by atoms with Crippen molar-refractivity contribution in [2.45, 2.75) is 7.43 Å². The largest absolute Gasteiger partial charge is 1.00 e. The number of fused-ring (bicyclic) bond motifs is 2. The minimum absolute atomic E-state index is 0. The summed E-state index contributed by atoms with van der Waals surface area (Å²) < 4.78 is 13.4. The van der Waals surface area contributed by atoms with Gasteiger partial charge in [-0.25, -0.2) is 19.9 Å². The van der Waals surface area contributed by atoms with Crippen molar-refractivity contribution in [3.05, 3.63) is 453 Å². The minimum atomic E-state index is -1.44. The molecule has 14 aromatic carbocycles. The van der Waals surface area contributed by atoms with Crippen LogP contribution in [0.1, 0.15) is 8.85 Å². The maximum Gasteiger partial charge on any atom is 1.00 e. The van der Waals surface area contributed by atoms with E-state index in [-0.39, 0.29) is 94.9 Å². The molecule has 0 atom stereocenters. The fourth-order valence-corrected chi connectivity index (χ4v) is 23.5. The molecule has 652 valence electrons. The van der Waals surface area contributed by atoms with E-state index in [0.717, 1.165) is 64.7 Å². The molecular formula is C106H102BBrN6Na2O7P4PdS2. The quantitative estimate of drug-likeness (QED) is 0.0291. The number of hydrogen-bond donors (Lipinski definition) is 2. The van der Waals surface area contributed by atoms with Crippen molar-refractivity contribution in [3.8, 4) is 11.1 Å². The summed E-state index contributed by atoms with van der Waals surface area (Å²) >= 11 is 6.71. The third-order valence-electron chi connectivity index (χ3n) is 18.6. The molecule has 1 fully saturated rings. The van der Waals surface area contributed by atoms with E-state index in [1.165, 1.54) is 79.3 Å². The van der Waals surface area contributed by atoms with Gasteiger partial charge in [0.25, 0.3) is 6.47 Å². The maximum absolute atomic E-state index is 8.76. The van der Waals surface area contributed by atoms with Crippen LogP contribution >= 0.6 is 70.3 Å². The first-order valence-corrected chi connectivity index (χ1v) is 48.5.